The maximum atomic E-state index is 13.0. The van der Waals surface area contributed by atoms with Gasteiger partial charge in [-0.1, -0.05) is 29.3 Å². The predicted octanol–water partition coefficient (Wildman–Crippen LogP) is 6.17. The van der Waals surface area contributed by atoms with Gasteiger partial charge in [0, 0.05) is 30.3 Å². The molecule has 3 heterocycles. The van der Waals surface area contributed by atoms with E-state index in [2.05, 4.69) is 4.90 Å². The van der Waals surface area contributed by atoms with E-state index < -0.39 is 0 Å². The highest BCUT2D eigenvalue weighted by molar-refractivity contribution is 6.42. The van der Waals surface area contributed by atoms with Crippen molar-refractivity contribution >= 4 is 35.1 Å². The summed E-state index contributed by atoms with van der Waals surface area (Å²) in [7, 11) is 0. The highest BCUT2D eigenvalue weighted by atomic mass is 35.5. The maximum absolute atomic E-state index is 13.0. The smallest absolute Gasteiger partial charge is 0.232 e. The van der Waals surface area contributed by atoms with Crippen LogP contribution in [0.2, 0.25) is 10.0 Å². The minimum absolute atomic E-state index is 0.156. The van der Waals surface area contributed by atoms with Gasteiger partial charge in [-0.2, -0.15) is 0 Å². The molecule has 0 radical (unpaired) electrons. The zero-order valence-electron chi connectivity index (χ0n) is 17.0. The average Bonchev–Trinajstić information content (AvgIpc) is 3.29. The van der Waals surface area contributed by atoms with Gasteiger partial charge in [0.1, 0.15) is 29.8 Å². The predicted molar refractivity (Wildman–Crippen MR) is 119 cm³/mol. The normalized spacial score (nSPS) is 16.8. The highest BCUT2D eigenvalue weighted by Gasteiger charge is 2.33. The number of nitrogens with zero attached hydrogens (tertiary/aromatic N) is 1. The van der Waals surface area contributed by atoms with E-state index in [-0.39, 0.29) is 11.5 Å². The van der Waals surface area contributed by atoms with E-state index >= 15 is 0 Å². The molecule has 0 saturated carbocycles. The van der Waals surface area contributed by atoms with E-state index in [9.17, 15) is 4.79 Å². The molecule has 0 fully saturated rings. The van der Waals surface area contributed by atoms with Gasteiger partial charge in [0.25, 0.3) is 0 Å². The van der Waals surface area contributed by atoms with Crippen molar-refractivity contribution in [2.75, 3.05) is 6.73 Å². The summed E-state index contributed by atoms with van der Waals surface area (Å²) in [6.45, 7) is 5.50. The first-order valence-corrected chi connectivity index (χ1v) is 10.6. The summed E-state index contributed by atoms with van der Waals surface area (Å²) in [5.74, 6) is 2.78. The van der Waals surface area contributed by atoms with Crippen molar-refractivity contribution < 1.29 is 18.7 Å². The summed E-state index contributed by atoms with van der Waals surface area (Å²) in [6.07, 6.45) is 1.63. The lowest BCUT2D eigenvalue weighted by Crippen LogP contribution is -2.32. The van der Waals surface area contributed by atoms with Crippen LogP contribution in [0.5, 0.6) is 11.5 Å². The second kappa shape index (κ2) is 7.75. The number of carbonyl (C=O) groups is 1. The molecule has 31 heavy (non-hydrogen) atoms. The second-order valence-electron chi connectivity index (χ2n) is 7.76. The van der Waals surface area contributed by atoms with E-state index in [1.807, 2.05) is 44.2 Å². The third-order valence-corrected chi connectivity index (χ3v) is 6.17. The fourth-order valence-corrected chi connectivity index (χ4v) is 4.27. The van der Waals surface area contributed by atoms with Crippen LogP contribution in [0.3, 0.4) is 0 Å². The number of benzene rings is 2. The van der Waals surface area contributed by atoms with Crippen molar-refractivity contribution in [1.82, 2.24) is 4.90 Å². The number of Topliss-reactive ketones (excluding diaryl/α,β-unsaturated/α-hetero) is 1. The van der Waals surface area contributed by atoms with Crippen molar-refractivity contribution in [1.29, 1.82) is 0 Å². The van der Waals surface area contributed by atoms with Gasteiger partial charge in [0.2, 0.25) is 5.78 Å². The van der Waals surface area contributed by atoms with E-state index in [0.29, 0.717) is 46.9 Å². The molecule has 7 heteroatoms. The number of aryl methyl sites for hydroxylation is 1. The highest BCUT2D eigenvalue weighted by Crippen LogP contribution is 2.43. The number of halogens is 2. The Bertz CT molecular complexity index is 1240. The average molecular weight is 456 g/mol. The Morgan fingerprint density at radius 3 is 2.65 bits per heavy atom. The molecule has 5 nitrogen and oxygen atoms in total. The SMILES string of the molecule is Cc1ccc(/C=C2\Oc3c(cc4c(c3C)OCN(Cc3ccc(Cl)c(Cl)c3)C4)C2=O)o1. The molecule has 158 valence electrons. The zero-order chi connectivity index (χ0) is 21.7. The van der Waals surface area contributed by atoms with Crippen LogP contribution in [-0.2, 0) is 13.1 Å². The molecule has 0 unspecified atom stereocenters. The summed E-state index contributed by atoms with van der Waals surface area (Å²) < 4.78 is 17.5. The molecule has 2 aromatic carbocycles. The van der Waals surface area contributed by atoms with Crippen LogP contribution in [0.4, 0.5) is 0 Å². The third kappa shape index (κ3) is 3.74. The molecule has 0 saturated heterocycles. The standard InChI is InChI=1S/C24H19Cl2NO4/c1-13-3-5-17(30-13)9-21-22(28)18-8-16-11-27(10-15-4-6-19(25)20(26)7-15)12-29-23(16)14(2)24(18)31-21/h3-9H,10-12H2,1-2H3/b21-9-. The van der Waals surface area contributed by atoms with E-state index in [0.717, 1.165) is 28.2 Å². The molecular weight excluding hydrogens is 437 g/mol. The first-order chi connectivity index (χ1) is 14.9. The number of ketones is 1. The molecule has 0 bridgehead atoms. The van der Waals surface area contributed by atoms with Crippen LogP contribution < -0.4 is 9.47 Å². The van der Waals surface area contributed by atoms with Gasteiger partial charge in [0.15, 0.2) is 5.76 Å². The van der Waals surface area contributed by atoms with Crippen LogP contribution in [0.25, 0.3) is 6.08 Å². The van der Waals surface area contributed by atoms with Gasteiger partial charge in [0.05, 0.1) is 15.6 Å². The number of hydrogen-bond donors (Lipinski definition) is 0. The second-order valence-corrected chi connectivity index (χ2v) is 8.58. The number of rotatable bonds is 3. The van der Waals surface area contributed by atoms with E-state index in [1.165, 1.54) is 0 Å². The van der Waals surface area contributed by atoms with Crippen molar-refractivity contribution in [3.8, 4) is 11.5 Å². The number of carbonyl (C=O) groups excluding carboxylic acids is 1. The van der Waals surface area contributed by atoms with Crippen molar-refractivity contribution in [2.24, 2.45) is 0 Å². The van der Waals surface area contributed by atoms with Crippen LogP contribution >= 0.6 is 23.2 Å². The lowest BCUT2D eigenvalue weighted by atomic mass is 10.00. The summed E-state index contributed by atoms with van der Waals surface area (Å²) in [5.41, 5.74) is 3.37. The van der Waals surface area contributed by atoms with Gasteiger partial charge in [-0.15, -0.1) is 0 Å². The molecule has 0 atom stereocenters. The largest absolute Gasteiger partial charge is 0.477 e. The maximum Gasteiger partial charge on any atom is 0.232 e. The first-order valence-electron chi connectivity index (χ1n) is 9.85. The van der Waals surface area contributed by atoms with Gasteiger partial charge < -0.3 is 13.9 Å². The molecule has 2 aliphatic rings. The van der Waals surface area contributed by atoms with Crippen molar-refractivity contribution in [3.63, 3.8) is 0 Å². The van der Waals surface area contributed by atoms with Gasteiger partial charge >= 0.3 is 0 Å². The van der Waals surface area contributed by atoms with Crippen molar-refractivity contribution in [3.05, 3.63) is 86.0 Å². The topological polar surface area (TPSA) is 51.9 Å². The first kappa shape index (κ1) is 20.2. The van der Waals surface area contributed by atoms with Crippen LogP contribution in [0, 0.1) is 13.8 Å². The number of fused-ring (bicyclic) bond motifs is 2. The number of hydrogen-bond acceptors (Lipinski definition) is 5. The lowest BCUT2D eigenvalue weighted by Gasteiger charge is -2.30. The fraction of sp³-hybridized carbons (Fsp3) is 0.208. The third-order valence-electron chi connectivity index (χ3n) is 5.43. The molecule has 0 amide bonds. The van der Waals surface area contributed by atoms with Gasteiger partial charge in [-0.3, -0.25) is 9.69 Å². The Hall–Kier alpha value is -2.73. The van der Waals surface area contributed by atoms with Gasteiger partial charge in [-0.25, -0.2) is 0 Å². The van der Waals surface area contributed by atoms with Gasteiger partial charge in [-0.05, 0) is 49.7 Å². The summed E-state index contributed by atoms with van der Waals surface area (Å²) in [6, 6.07) is 11.1. The Morgan fingerprint density at radius 2 is 1.90 bits per heavy atom. The molecular formula is C24H19Cl2NO4. The van der Waals surface area contributed by atoms with Crippen molar-refractivity contribution in [2.45, 2.75) is 26.9 Å². The van der Waals surface area contributed by atoms with Crippen LogP contribution in [0.1, 0.15) is 38.6 Å². The molecule has 1 aromatic heterocycles. The zero-order valence-corrected chi connectivity index (χ0v) is 18.5. The number of furan rings is 1. The lowest BCUT2D eigenvalue weighted by molar-refractivity contribution is 0.0876. The molecule has 2 aliphatic heterocycles. The quantitative estimate of drug-likeness (QED) is 0.441. The fourth-order valence-electron chi connectivity index (χ4n) is 3.95. The molecule has 0 spiro atoms. The van der Waals surface area contributed by atoms with Crippen LogP contribution in [-0.4, -0.2) is 17.4 Å². The van der Waals surface area contributed by atoms with Crippen LogP contribution in [0.15, 0.2) is 46.6 Å². The Labute approximate surface area is 189 Å². The summed E-state index contributed by atoms with van der Waals surface area (Å²) in [5, 5.41) is 1.06. The molecule has 3 aromatic rings. The summed E-state index contributed by atoms with van der Waals surface area (Å²) in [4.78, 5) is 15.1. The molecule has 0 N–H and O–H groups in total. The molecule has 0 aliphatic carbocycles. The Kier molecular flexibility index (Phi) is 5.05. The monoisotopic (exact) mass is 455 g/mol. The Morgan fingerprint density at radius 1 is 1.06 bits per heavy atom. The van der Waals surface area contributed by atoms with E-state index in [4.69, 9.17) is 37.1 Å². The minimum Gasteiger partial charge on any atom is -0.477 e. The number of ether oxygens (including phenoxy) is 2. The molecule has 5 rings (SSSR count). The Balaban J connectivity index is 1.41. The summed E-state index contributed by atoms with van der Waals surface area (Å²) >= 11 is 12.2. The number of allylic oxidation sites excluding steroid dienone is 1. The minimum atomic E-state index is -0.156. The van der Waals surface area contributed by atoms with E-state index in [1.54, 1.807) is 12.1 Å².